The van der Waals surface area contributed by atoms with Gasteiger partial charge in [0.1, 0.15) is 5.82 Å². The molecule has 178 valence electrons. The highest BCUT2D eigenvalue weighted by Gasteiger charge is 2.22. The maximum Gasteiger partial charge on any atom is 0.319 e. The number of aryl methyl sites for hydroxylation is 1. The number of urea groups is 1. The number of carbonyl (C=O) groups is 1. The first kappa shape index (κ1) is 23.0. The van der Waals surface area contributed by atoms with E-state index in [1.807, 2.05) is 36.0 Å². The molecule has 1 aliphatic heterocycles. The normalized spacial score (nSPS) is 18.6. The van der Waals surface area contributed by atoms with Crippen molar-refractivity contribution >= 4 is 40.2 Å². The molecule has 2 aromatic carbocycles. The summed E-state index contributed by atoms with van der Waals surface area (Å²) in [5.41, 5.74) is 4.51. The van der Waals surface area contributed by atoms with E-state index >= 15 is 0 Å². The second-order valence-electron chi connectivity index (χ2n) is 9.25. The Morgan fingerprint density at radius 1 is 1.09 bits per heavy atom. The highest BCUT2D eigenvalue weighted by atomic mass is 32.2. The minimum atomic E-state index is -0.131. The summed E-state index contributed by atoms with van der Waals surface area (Å²) in [5.74, 6) is 2.05. The largest absolute Gasteiger partial charge is 0.363 e. The van der Waals surface area contributed by atoms with Crippen molar-refractivity contribution in [3.63, 3.8) is 0 Å². The lowest BCUT2D eigenvalue weighted by molar-refractivity contribution is 0.204. The average molecular weight is 476 g/mol. The van der Waals surface area contributed by atoms with Crippen LogP contribution in [0.3, 0.4) is 0 Å². The van der Waals surface area contributed by atoms with Gasteiger partial charge < -0.3 is 20.9 Å². The number of amides is 2. The fourth-order valence-electron chi connectivity index (χ4n) is 5.04. The van der Waals surface area contributed by atoms with Crippen molar-refractivity contribution in [3.05, 3.63) is 65.7 Å². The lowest BCUT2D eigenvalue weighted by Crippen LogP contribution is -2.46. The number of hydrogen-bond acceptors (Lipinski definition) is 5. The molecule has 0 bridgehead atoms. The summed E-state index contributed by atoms with van der Waals surface area (Å²) in [6, 6.07) is 19.0. The number of carbonyl (C=O) groups excluding carboxylic acids is 1. The molecule has 1 aromatic heterocycles. The van der Waals surface area contributed by atoms with Crippen LogP contribution >= 0.6 is 11.8 Å². The molecule has 2 amide bonds. The van der Waals surface area contributed by atoms with Gasteiger partial charge in [0.25, 0.3) is 0 Å². The summed E-state index contributed by atoms with van der Waals surface area (Å²) in [6.45, 7) is 3.24. The fourth-order valence-corrected chi connectivity index (χ4v) is 5.48. The molecular formula is C27H33N5OS. The molecule has 3 N–H and O–H groups in total. The SMILES string of the molecule is CSCCN1CCC(NC(=O)Nc2ccc3nc(NC4CCc5ccccc54)ccc3c2)CC1. The summed E-state index contributed by atoms with van der Waals surface area (Å²) in [7, 11) is 0. The summed E-state index contributed by atoms with van der Waals surface area (Å²) in [6.07, 6.45) is 6.35. The standard InChI is InChI=1S/C27H33N5OS/c1-34-17-16-32-14-12-21(13-15-32)28-27(33)29-22-8-10-24-20(18-22)7-11-26(30-24)31-25-9-6-19-4-2-3-5-23(19)25/h2-5,7-8,10-11,18,21,25H,6,9,12-17H2,1H3,(H,30,31)(H2,28,29,33). The van der Waals surface area contributed by atoms with Crippen molar-refractivity contribution in [1.82, 2.24) is 15.2 Å². The van der Waals surface area contributed by atoms with Crippen LogP contribution in [0.4, 0.5) is 16.3 Å². The third kappa shape index (κ3) is 5.47. The number of nitrogens with one attached hydrogen (secondary N) is 3. The summed E-state index contributed by atoms with van der Waals surface area (Å²) in [4.78, 5) is 19.8. The third-order valence-electron chi connectivity index (χ3n) is 6.94. The van der Waals surface area contributed by atoms with Crippen molar-refractivity contribution < 1.29 is 4.79 Å². The Kier molecular flexibility index (Phi) is 7.21. The second kappa shape index (κ2) is 10.7. The number of rotatable bonds is 7. The smallest absolute Gasteiger partial charge is 0.319 e. The molecule has 2 aliphatic rings. The van der Waals surface area contributed by atoms with Crippen LogP contribution in [0.2, 0.25) is 0 Å². The number of thioether (sulfide) groups is 1. The minimum absolute atomic E-state index is 0.131. The Balaban J connectivity index is 1.16. The van der Waals surface area contributed by atoms with Crippen molar-refractivity contribution in [2.75, 3.05) is 42.3 Å². The lowest BCUT2D eigenvalue weighted by Gasteiger charge is -2.32. The zero-order valence-corrected chi connectivity index (χ0v) is 20.5. The van der Waals surface area contributed by atoms with Crippen LogP contribution in [0.25, 0.3) is 10.9 Å². The van der Waals surface area contributed by atoms with Gasteiger partial charge in [0.15, 0.2) is 0 Å². The zero-order valence-electron chi connectivity index (χ0n) is 19.7. The molecule has 5 rings (SSSR count). The number of piperidine rings is 1. The highest BCUT2D eigenvalue weighted by molar-refractivity contribution is 7.98. The van der Waals surface area contributed by atoms with Gasteiger partial charge in [-0.2, -0.15) is 11.8 Å². The van der Waals surface area contributed by atoms with Gasteiger partial charge in [0, 0.05) is 42.5 Å². The number of pyridine rings is 1. The van der Waals surface area contributed by atoms with E-state index in [2.05, 4.69) is 57.4 Å². The predicted molar refractivity (Wildman–Crippen MR) is 143 cm³/mol. The molecule has 6 nitrogen and oxygen atoms in total. The molecular weight excluding hydrogens is 442 g/mol. The third-order valence-corrected chi connectivity index (χ3v) is 7.53. The van der Waals surface area contributed by atoms with Gasteiger partial charge in [0.05, 0.1) is 11.6 Å². The van der Waals surface area contributed by atoms with E-state index in [0.29, 0.717) is 6.04 Å². The van der Waals surface area contributed by atoms with E-state index < -0.39 is 0 Å². The molecule has 0 saturated carbocycles. The number of benzene rings is 2. The average Bonchev–Trinajstić information content (AvgIpc) is 3.26. The first-order chi connectivity index (χ1) is 16.7. The second-order valence-corrected chi connectivity index (χ2v) is 10.2. The molecule has 1 aliphatic carbocycles. The maximum atomic E-state index is 12.6. The topological polar surface area (TPSA) is 69.3 Å². The van der Waals surface area contributed by atoms with Gasteiger partial charge in [-0.05, 0) is 73.4 Å². The molecule has 0 radical (unpaired) electrons. The van der Waals surface area contributed by atoms with Crippen molar-refractivity contribution in [3.8, 4) is 0 Å². The molecule has 7 heteroatoms. The fraction of sp³-hybridized carbons (Fsp3) is 0.407. The van der Waals surface area contributed by atoms with Crippen LogP contribution in [0.5, 0.6) is 0 Å². The Bertz CT molecular complexity index is 1140. The van der Waals surface area contributed by atoms with Gasteiger partial charge >= 0.3 is 6.03 Å². The highest BCUT2D eigenvalue weighted by Crippen LogP contribution is 2.33. The lowest BCUT2D eigenvalue weighted by atomic mass is 10.1. The van der Waals surface area contributed by atoms with Crippen LogP contribution in [0, 0.1) is 0 Å². The predicted octanol–water partition coefficient (Wildman–Crippen LogP) is 5.28. The summed E-state index contributed by atoms with van der Waals surface area (Å²) in [5, 5.41) is 10.8. The Morgan fingerprint density at radius 3 is 2.79 bits per heavy atom. The van der Waals surface area contributed by atoms with Crippen LogP contribution in [0.15, 0.2) is 54.6 Å². The van der Waals surface area contributed by atoms with Gasteiger partial charge in [0.2, 0.25) is 0 Å². The molecule has 1 atom stereocenters. The van der Waals surface area contributed by atoms with E-state index in [0.717, 1.165) is 67.7 Å². The molecule has 1 unspecified atom stereocenters. The Labute approximate surface area is 205 Å². The summed E-state index contributed by atoms with van der Waals surface area (Å²) < 4.78 is 0. The van der Waals surface area contributed by atoms with Gasteiger partial charge in [-0.3, -0.25) is 0 Å². The molecule has 3 aromatic rings. The first-order valence-electron chi connectivity index (χ1n) is 12.2. The van der Waals surface area contributed by atoms with Crippen LogP contribution in [0.1, 0.15) is 36.4 Å². The van der Waals surface area contributed by atoms with E-state index in [9.17, 15) is 4.79 Å². The van der Waals surface area contributed by atoms with E-state index in [4.69, 9.17) is 4.98 Å². The number of nitrogens with zero attached hydrogens (tertiary/aromatic N) is 2. The maximum absolute atomic E-state index is 12.6. The van der Waals surface area contributed by atoms with Gasteiger partial charge in [-0.15, -0.1) is 0 Å². The molecule has 2 heterocycles. The zero-order chi connectivity index (χ0) is 23.3. The Morgan fingerprint density at radius 2 is 1.94 bits per heavy atom. The first-order valence-corrected chi connectivity index (χ1v) is 13.6. The van der Waals surface area contributed by atoms with Crippen LogP contribution < -0.4 is 16.0 Å². The number of likely N-dealkylation sites (tertiary alicyclic amines) is 1. The number of aromatic nitrogens is 1. The van der Waals surface area contributed by atoms with Crippen LogP contribution in [-0.2, 0) is 6.42 Å². The molecule has 34 heavy (non-hydrogen) atoms. The van der Waals surface area contributed by atoms with Gasteiger partial charge in [-0.25, -0.2) is 9.78 Å². The van der Waals surface area contributed by atoms with Crippen molar-refractivity contribution in [2.45, 2.75) is 37.8 Å². The van der Waals surface area contributed by atoms with Crippen molar-refractivity contribution in [2.24, 2.45) is 0 Å². The minimum Gasteiger partial charge on any atom is -0.363 e. The Hall–Kier alpha value is -2.77. The monoisotopic (exact) mass is 475 g/mol. The number of fused-ring (bicyclic) bond motifs is 2. The van der Waals surface area contributed by atoms with E-state index in [1.54, 1.807) is 0 Å². The number of hydrogen-bond donors (Lipinski definition) is 3. The summed E-state index contributed by atoms with van der Waals surface area (Å²) >= 11 is 1.88. The van der Waals surface area contributed by atoms with E-state index in [1.165, 1.54) is 16.9 Å². The molecule has 1 saturated heterocycles. The molecule has 0 spiro atoms. The van der Waals surface area contributed by atoms with Gasteiger partial charge in [-0.1, -0.05) is 24.3 Å². The quantitative estimate of drug-likeness (QED) is 0.434. The van der Waals surface area contributed by atoms with Crippen molar-refractivity contribution in [1.29, 1.82) is 0 Å². The van der Waals surface area contributed by atoms with Crippen LogP contribution in [-0.4, -0.2) is 53.6 Å². The van der Waals surface area contributed by atoms with E-state index in [-0.39, 0.29) is 12.1 Å². The molecule has 1 fully saturated rings. The number of anilines is 2.